The Labute approximate surface area is 147 Å². The molecule has 1 fully saturated rings. The number of nitrogens with zero attached hydrogens (tertiary/aromatic N) is 4. The Morgan fingerprint density at radius 1 is 1.20 bits per heavy atom. The van der Waals surface area contributed by atoms with Gasteiger partial charge in [-0.25, -0.2) is 15.0 Å². The quantitative estimate of drug-likeness (QED) is 0.765. The third-order valence-corrected chi connectivity index (χ3v) is 4.80. The van der Waals surface area contributed by atoms with Gasteiger partial charge < -0.3 is 15.6 Å². The van der Waals surface area contributed by atoms with Gasteiger partial charge in [0.25, 0.3) is 0 Å². The zero-order chi connectivity index (χ0) is 17.2. The molecular formula is C19H24N6. The fourth-order valence-corrected chi connectivity index (χ4v) is 3.66. The SMILES string of the molecule is Cc1nc(CCN)cc(N2CCCC[C@@H]2c2nc3ccccc3[nH]2)n1. The summed E-state index contributed by atoms with van der Waals surface area (Å²) in [5, 5.41) is 0. The predicted molar refractivity (Wildman–Crippen MR) is 99.6 cm³/mol. The van der Waals surface area contributed by atoms with E-state index < -0.39 is 0 Å². The lowest BCUT2D eigenvalue weighted by molar-refractivity contribution is 0.455. The van der Waals surface area contributed by atoms with Crippen molar-refractivity contribution in [2.45, 2.75) is 38.6 Å². The molecule has 25 heavy (non-hydrogen) atoms. The molecule has 0 spiro atoms. The van der Waals surface area contributed by atoms with Crippen molar-refractivity contribution in [3.05, 3.63) is 47.7 Å². The maximum Gasteiger partial charge on any atom is 0.133 e. The minimum atomic E-state index is 0.223. The highest BCUT2D eigenvalue weighted by Crippen LogP contribution is 2.34. The third-order valence-electron chi connectivity index (χ3n) is 4.80. The molecule has 130 valence electrons. The number of nitrogens with one attached hydrogen (secondary N) is 1. The number of fused-ring (bicyclic) bond motifs is 1. The second-order valence-electron chi connectivity index (χ2n) is 6.65. The van der Waals surface area contributed by atoms with E-state index in [1.165, 1.54) is 12.8 Å². The topological polar surface area (TPSA) is 83.7 Å². The summed E-state index contributed by atoms with van der Waals surface area (Å²) >= 11 is 0. The van der Waals surface area contributed by atoms with Crippen LogP contribution in [-0.4, -0.2) is 33.0 Å². The first-order valence-electron chi connectivity index (χ1n) is 9.00. The molecule has 0 amide bonds. The van der Waals surface area contributed by atoms with Gasteiger partial charge in [-0.1, -0.05) is 12.1 Å². The summed E-state index contributed by atoms with van der Waals surface area (Å²) in [5.74, 6) is 2.81. The molecule has 3 N–H and O–H groups in total. The van der Waals surface area contributed by atoms with E-state index in [1.807, 2.05) is 19.1 Å². The molecule has 0 radical (unpaired) electrons. The molecule has 6 heteroatoms. The highest BCUT2D eigenvalue weighted by atomic mass is 15.2. The largest absolute Gasteiger partial charge is 0.346 e. The lowest BCUT2D eigenvalue weighted by Crippen LogP contribution is -2.35. The van der Waals surface area contributed by atoms with Crippen molar-refractivity contribution in [3.63, 3.8) is 0 Å². The van der Waals surface area contributed by atoms with Gasteiger partial charge >= 0.3 is 0 Å². The summed E-state index contributed by atoms with van der Waals surface area (Å²) in [6.07, 6.45) is 4.23. The Morgan fingerprint density at radius 3 is 2.92 bits per heavy atom. The number of hydrogen-bond donors (Lipinski definition) is 2. The van der Waals surface area contributed by atoms with E-state index in [0.29, 0.717) is 6.54 Å². The lowest BCUT2D eigenvalue weighted by Gasteiger charge is -2.35. The van der Waals surface area contributed by atoms with Crippen LogP contribution in [0.25, 0.3) is 11.0 Å². The van der Waals surface area contributed by atoms with Crippen LogP contribution in [-0.2, 0) is 6.42 Å². The molecule has 1 atom stereocenters. The monoisotopic (exact) mass is 336 g/mol. The fourth-order valence-electron chi connectivity index (χ4n) is 3.66. The molecule has 3 heterocycles. The number of aromatic amines is 1. The van der Waals surface area contributed by atoms with Crippen LogP contribution in [0, 0.1) is 6.92 Å². The molecule has 4 rings (SSSR count). The minimum absolute atomic E-state index is 0.223. The van der Waals surface area contributed by atoms with Crippen molar-refractivity contribution in [3.8, 4) is 0 Å². The van der Waals surface area contributed by atoms with Gasteiger partial charge in [-0.3, -0.25) is 0 Å². The van der Waals surface area contributed by atoms with E-state index >= 15 is 0 Å². The van der Waals surface area contributed by atoms with Gasteiger partial charge in [-0.05, 0) is 44.9 Å². The zero-order valence-electron chi connectivity index (χ0n) is 14.6. The van der Waals surface area contributed by atoms with Gasteiger partial charge in [0.2, 0.25) is 0 Å². The normalized spacial score (nSPS) is 18.0. The maximum absolute atomic E-state index is 5.71. The summed E-state index contributed by atoms with van der Waals surface area (Å²) in [6, 6.07) is 10.5. The number of aromatic nitrogens is 4. The van der Waals surface area contributed by atoms with Crippen LogP contribution in [0.5, 0.6) is 0 Å². The average Bonchev–Trinajstić information content (AvgIpc) is 3.05. The van der Waals surface area contributed by atoms with Crippen LogP contribution in [0.1, 0.15) is 42.6 Å². The van der Waals surface area contributed by atoms with Crippen molar-refractivity contribution < 1.29 is 0 Å². The number of nitrogens with two attached hydrogens (primary N) is 1. The van der Waals surface area contributed by atoms with Crippen LogP contribution in [0.15, 0.2) is 30.3 Å². The van der Waals surface area contributed by atoms with Crippen molar-refractivity contribution in [1.29, 1.82) is 0 Å². The first-order valence-corrected chi connectivity index (χ1v) is 9.00. The molecule has 6 nitrogen and oxygen atoms in total. The molecule has 1 saturated heterocycles. The maximum atomic E-state index is 5.71. The number of imidazole rings is 1. The predicted octanol–water partition coefficient (Wildman–Crippen LogP) is 2.89. The van der Waals surface area contributed by atoms with E-state index in [4.69, 9.17) is 15.7 Å². The van der Waals surface area contributed by atoms with Crippen LogP contribution in [0.2, 0.25) is 0 Å². The van der Waals surface area contributed by atoms with E-state index in [2.05, 4.69) is 33.1 Å². The number of aryl methyl sites for hydroxylation is 1. The highest BCUT2D eigenvalue weighted by molar-refractivity contribution is 5.75. The molecule has 0 bridgehead atoms. The molecular weight excluding hydrogens is 312 g/mol. The van der Waals surface area contributed by atoms with Gasteiger partial charge in [-0.2, -0.15) is 0 Å². The Hall–Kier alpha value is -2.47. The van der Waals surface area contributed by atoms with E-state index in [0.717, 1.165) is 53.6 Å². The van der Waals surface area contributed by atoms with Gasteiger partial charge in [-0.15, -0.1) is 0 Å². The van der Waals surface area contributed by atoms with Crippen LogP contribution < -0.4 is 10.6 Å². The number of rotatable bonds is 4. The summed E-state index contributed by atoms with van der Waals surface area (Å²) in [5.41, 5.74) is 8.83. The number of H-pyrrole nitrogens is 1. The highest BCUT2D eigenvalue weighted by Gasteiger charge is 2.28. The van der Waals surface area contributed by atoms with Crippen molar-refractivity contribution in [2.75, 3.05) is 18.0 Å². The number of piperidine rings is 1. The van der Waals surface area contributed by atoms with Crippen molar-refractivity contribution >= 4 is 16.9 Å². The molecule has 1 aliphatic rings. The minimum Gasteiger partial charge on any atom is -0.346 e. The Morgan fingerprint density at radius 2 is 2.08 bits per heavy atom. The summed E-state index contributed by atoms with van der Waals surface area (Å²) in [4.78, 5) is 19.9. The Kier molecular flexibility index (Phi) is 4.36. The zero-order valence-corrected chi connectivity index (χ0v) is 14.6. The summed E-state index contributed by atoms with van der Waals surface area (Å²) in [7, 11) is 0. The van der Waals surface area contributed by atoms with E-state index in [9.17, 15) is 0 Å². The molecule has 0 saturated carbocycles. The number of anilines is 1. The Bertz CT molecular complexity index is 838. The van der Waals surface area contributed by atoms with E-state index in [-0.39, 0.29) is 6.04 Å². The van der Waals surface area contributed by atoms with Gasteiger partial charge in [0.1, 0.15) is 17.5 Å². The first-order chi connectivity index (χ1) is 12.2. The average molecular weight is 336 g/mol. The van der Waals surface area contributed by atoms with Crippen LogP contribution in [0.3, 0.4) is 0 Å². The summed E-state index contributed by atoms with van der Waals surface area (Å²) < 4.78 is 0. The molecule has 1 aromatic carbocycles. The van der Waals surface area contributed by atoms with Gasteiger partial charge in [0.05, 0.1) is 17.1 Å². The van der Waals surface area contributed by atoms with Crippen molar-refractivity contribution in [1.82, 2.24) is 19.9 Å². The van der Waals surface area contributed by atoms with Crippen LogP contribution in [0.4, 0.5) is 5.82 Å². The summed E-state index contributed by atoms with van der Waals surface area (Å²) in [6.45, 7) is 3.53. The molecule has 0 aliphatic carbocycles. The Balaban J connectivity index is 1.71. The first kappa shape index (κ1) is 16.0. The van der Waals surface area contributed by atoms with Crippen molar-refractivity contribution in [2.24, 2.45) is 5.73 Å². The molecule has 3 aromatic rings. The number of benzene rings is 1. The lowest BCUT2D eigenvalue weighted by atomic mass is 10.0. The second kappa shape index (κ2) is 6.80. The van der Waals surface area contributed by atoms with Gasteiger partial charge in [0, 0.05) is 24.7 Å². The number of hydrogen-bond acceptors (Lipinski definition) is 5. The third kappa shape index (κ3) is 3.22. The van der Waals surface area contributed by atoms with E-state index in [1.54, 1.807) is 0 Å². The van der Waals surface area contributed by atoms with Gasteiger partial charge in [0.15, 0.2) is 0 Å². The molecule has 1 aliphatic heterocycles. The smallest absolute Gasteiger partial charge is 0.133 e. The molecule has 0 unspecified atom stereocenters. The van der Waals surface area contributed by atoms with Crippen LogP contribution >= 0.6 is 0 Å². The standard InChI is InChI=1S/C19H24N6/c1-13-21-14(9-10-20)12-18(22-13)25-11-5-4-8-17(25)19-23-15-6-2-3-7-16(15)24-19/h2-3,6-7,12,17H,4-5,8-11,20H2,1H3,(H,23,24)/t17-/m1/s1. The fraction of sp³-hybridized carbons (Fsp3) is 0.421. The molecule has 2 aromatic heterocycles. The second-order valence-corrected chi connectivity index (χ2v) is 6.65. The number of para-hydroxylation sites is 2.